The molecule has 1 N–H and O–H groups in total. The number of hydrogen-bond acceptors (Lipinski definition) is 10. The van der Waals surface area contributed by atoms with Gasteiger partial charge in [0.1, 0.15) is 18.6 Å². The van der Waals surface area contributed by atoms with Gasteiger partial charge < -0.3 is 9.64 Å². The number of unbranched alkanes of at least 4 members (excludes halogenated alkanes) is 1. The Hall–Kier alpha value is -1.37. The van der Waals surface area contributed by atoms with Crippen molar-refractivity contribution in [2.45, 2.75) is 75.0 Å². The Balaban J connectivity index is 1.25. The van der Waals surface area contributed by atoms with E-state index in [1.807, 2.05) is 28.6 Å². The standard InChI is InChI=1S/C24H37N5O4S3/c1-25-36(31,32)15-17-7-9-19(10-8-17)29(2)24-23-22(27-16-28-24)18(13-26-23)14-33-21(30)6-4-3-5-20-11-12-34-35-20/h13,16-20,25H,3-12,14-15H2,1-2H3/t17?,18?,19?,20-/m1/s1. The van der Waals surface area contributed by atoms with Crippen molar-refractivity contribution >= 4 is 55.3 Å². The first kappa shape index (κ1) is 27.7. The highest BCUT2D eigenvalue weighted by Gasteiger charge is 2.31. The van der Waals surface area contributed by atoms with E-state index in [9.17, 15) is 13.2 Å². The number of rotatable bonds is 12. The molecule has 2 atom stereocenters. The molecule has 0 aromatic carbocycles. The van der Waals surface area contributed by atoms with E-state index in [0.717, 1.165) is 61.0 Å². The largest absolute Gasteiger partial charge is 0.465 e. The quantitative estimate of drug-likeness (QED) is 0.231. The van der Waals surface area contributed by atoms with Crippen molar-refractivity contribution in [3.8, 4) is 0 Å². The van der Waals surface area contributed by atoms with Crippen LogP contribution >= 0.6 is 21.6 Å². The normalized spacial score (nSPS) is 25.6. The summed E-state index contributed by atoms with van der Waals surface area (Å²) in [7, 11) is 4.24. The van der Waals surface area contributed by atoms with Gasteiger partial charge in [-0.25, -0.2) is 23.1 Å². The van der Waals surface area contributed by atoms with Gasteiger partial charge in [-0.15, -0.1) is 0 Å². The Morgan fingerprint density at radius 2 is 2.00 bits per heavy atom. The van der Waals surface area contributed by atoms with Crippen LogP contribution in [0.5, 0.6) is 0 Å². The Morgan fingerprint density at radius 3 is 2.72 bits per heavy atom. The van der Waals surface area contributed by atoms with Crippen LogP contribution in [0.2, 0.25) is 0 Å². The lowest BCUT2D eigenvalue weighted by atomic mass is 9.86. The number of ether oxygens (including phenoxy) is 1. The second kappa shape index (κ2) is 12.9. The van der Waals surface area contributed by atoms with Crippen molar-refractivity contribution in [2.24, 2.45) is 10.9 Å². The molecule has 4 rings (SSSR count). The summed E-state index contributed by atoms with van der Waals surface area (Å²) >= 11 is 0. The first-order valence-electron chi connectivity index (χ1n) is 12.8. The average molecular weight is 556 g/mol. The van der Waals surface area contributed by atoms with Gasteiger partial charge in [0.15, 0.2) is 5.82 Å². The summed E-state index contributed by atoms with van der Waals surface area (Å²) in [6, 6.07) is 0.269. The van der Waals surface area contributed by atoms with Gasteiger partial charge in [-0.3, -0.25) is 9.79 Å². The molecule has 0 spiro atoms. The fourth-order valence-electron chi connectivity index (χ4n) is 5.12. The summed E-state index contributed by atoms with van der Waals surface area (Å²) < 4.78 is 31.8. The van der Waals surface area contributed by atoms with E-state index in [0.29, 0.717) is 6.42 Å². The maximum atomic E-state index is 12.3. The van der Waals surface area contributed by atoms with Gasteiger partial charge in [0.2, 0.25) is 10.0 Å². The molecule has 2 fully saturated rings. The molecule has 36 heavy (non-hydrogen) atoms. The summed E-state index contributed by atoms with van der Waals surface area (Å²) in [5.74, 6) is 2.07. The van der Waals surface area contributed by atoms with Crippen LogP contribution in [-0.2, 0) is 19.6 Å². The smallest absolute Gasteiger partial charge is 0.305 e. The molecule has 200 valence electrons. The first-order chi connectivity index (χ1) is 17.4. The molecular weight excluding hydrogens is 518 g/mol. The number of aromatic nitrogens is 2. The molecule has 9 nitrogen and oxygen atoms in total. The number of hydrogen-bond donors (Lipinski definition) is 1. The number of aliphatic imine (C=N–C) groups is 1. The second-order valence-electron chi connectivity index (χ2n) is 9.84. The molecule has 0 amide bonds. The number of anilines is 1. The molecule has 0 bridgehead atoms. The zero-order valence-corrected chi connectivity index (χ0v) is 23.5. The van der Waals surface area contributed by atoms with E-state index >= 15 is 0 Å². The number of esters is 1. The Kier molecular flexibility index (Phi) is 9.93. The summed E-state index contributed by atoms with van der Waals surface area (Å²) in [6.45, 7) is 0.246. The molecule has 1 aromatic rings. The molecule has 1 saturated carbocycles. The third kappa shape index (κ3) is 7.35. The number of nitrogens with one attached hydrogen (secondary N) is 1. The molecule has 1 aromatic heterocycles. The fraction of sp³-hybridized carbons (Fsp3) is 0.750. The zero-order valence-electron chi connectivity index (χ0n) is 21.1. The molecule has 12 heteroatoms. The molecule has 1 unspecified atom stereocenters. The Labute approximate surface area is 222 Å². The highest BCUT2D eigenvalue weighted by atomic mass is 33.1. The number of carbonyl (C=O) groups is 1. The van der Waals surface area contributed by atoms with E-state index in [4.69, 9.17) is 4.74 Å². The predicted octanol–water partition coefficient (Wildman–Crippen LogP) is 4.08. The third-order valence-electron chi connectivity index (χ3n) is 7.34. The van der Waals surface area contributed by atoms with E-state index in [1.54, 1.807) is 12.5 Å². The number of sulfonamides is 1. The minimum Gasteiger partial charge on any atom is -0.465 e. The van der Waals surface area contributed by atoms with Gasteiger partial charge in [0.25, 0.3) is 0 Å². The molecule has 1 aliphatic carbocycles. The van der Waals surface area contributed by atoms with Crippen molar-refractivity contribution in [1.82, 2.24) is 14.7 Å². The zero-order chi connectivity index (χ0) is 25.5. The van der Waals surface area contributed by atoms with Crippen molar-refractivity contribution in [3.63, 3.8) is 0 Å². The van der Waals surface area contributed by atoms with Crippen LogP contribution in [0.3, 0.4) is 0 Å². The van der Waals surface area contributed by atoms with Crippen molar-refractivity contribution < 1.29 is 17.9 Å². The van der Waals surface area contributed by atoms with Crippen LogP contribution in [0.25, 0.3) is 0 Å². The summed E-state index contributed by atoms with van der Waals surface area (Å²) in [4.78, 5) is 28.0. The van der Waals surface area contributed by atoms with Crippen LogP contribution in [0, 0.1) is 5.92 Å². The molecular formula is C24H37N5O4S3. The number of carbonyl (C=O) groups excluding carboxylic acids is 1. The van der Waals surface area contributed by atoms with E-state index < -0.39 is 10.0 Å². The topological polar surface area (TPSA) is 114 Å². The van der Waals surface area contributed by atoms with E-state index in [-0.39, 0.29) is 36.2 Å². The molecule has 3 heterocycles. The fourth-order valence-corrected chi connectivity index (χ4v) is 9.27. The number of fused-ring (bicyclic) bond motifs is 1. The minimum atomic E-state index is -3.19. The van der Waals surface area contributed by atoms with Crippen LogP contribution < -0.4 is 9.62 Å². The Bertz CT molecular complexity index is 1020. The predicted molar refractivity (Wildman–Crippen MR) is 148 cm³/mol. The second-order valence-corrected chi connectivity index (χ2v) is 14.6. The summed E-state index contributed by atoms with van der Waals surface area (Å²) in [5, 5.41) is 0.744. The molecule has 0 radical (unpaired) electrons. The first-order valence-corrected chi connectivity index (χ1v) is 16.9. The van der Waals surface area contributed by atoms with Gasteiger partial charge in [0.05, 0.1) is 17.4 Å². The van der Waals surface area contributed by atoms with Gasteiger partial charge in [-0.05, 0) is 57.9 Å². The highest BCUT2D eigenvalue weighted by molar-refractivity contribution is 8.77. The minimum absolute atomic E-state index is 0.159. The lowest BCUT2D eigenvalue weighted by Gasteiger charge is -2.35. The monoisotopic (exact) mass is 555 g/mol. The summed E-state index contributed by atoms with van der Waals surface area (Å²) in [6.07, 6.45) is 11.7. The summed E-state index contributed by atoms with van der Waals surface area (Å²) in [5.41, 5.74) is 1.54. The maximum Gasteiger partial charge on any atom is 0.305 e. The van der Waals surface area contributed by atoms with Gasteiger partial charge in [-0.2, -0.15) is 0 Å². The number of nitrogens with zero attached hydrogens (tertiary/aromatic N) is 4. The van der Waals surface area contributed by atoms with Crippen LogP contribution in [0.1, 0.15) is 69.4 Å². The van der Waals surface area contributed by atoms with Crippen LogP contribution in [-0.4, -0.2) is 74.1 Å². The van der Waals surface area contributed by atoms with Crippen molar-refractivity contribution in [1.29, 1.82) is 0 Å². The van der Waals surface area contributed by atoms with Gasteiger partial charge >= 0.3 is 5.97 Å². The third-order valence-corrected chi connectivity index (χ3v) is 11.9. The van der Waals surface area contributed by atoms with E-state index in [2.05, 4.69) is 24.6 Å². The molecule has 1 saturated heterocycles. The molecule has 2 aliphatic heterocycles. The highest BCUT2D eigenvalue weighted by Crippen LogP contribution is 2.41. The van der Waals surface area contributed by atoms with Crippen LogP contribution in [0.15, 0.2) is 11.3 Å². The van der Waals surface area contributed by atoms with Crippen molar-refractivity contribution in [2.75, 3.05) is 37.1 Å². The lowest BCUT2D eigenvalue weighted by molar-refractivity contribution is -0.143. The maximum absolute atomic E-state index is 12.3. The van der Waals surface area contributed by atoms with Gasteiger partial charge in [0, 0.05) is 36.7 Å². The average Bonchev–Trinajstić information content (AvgIpc) is 3.55. The SMILES string of the molecule is CNS(=O)(=O)CC1CCC(N(C)c2ncnc3c2N=CC3COC(=O)CCCC[C@@H]2CCSS2)CC1. The lowest BCUT2D eigenvalue weighted by Crippen LogP contribution is -2.38. The van der Waals surface area contributed by atoms with Crippen LogP contribution in [0.4, 0.5) is 11.5 Å². The van der Waals surface area contributed by atoms with E-state index in [1.165, 1.54) is 25.6 Å². The Morgan fingerprint density at radius 1 is 1.19 bits per heavy atom. The molecule has 3 aliphatic rings. The van der Waals surface area contributed by atoms with Gasteiger partial charge in [-0.1, -0.05) is 28.0 Å². The van der Waals surface area contributed by atoms with Crippen molar-refractivity contribution in [3.05, 3.63) is 12.0 Å².